The molecule has 0 unspecified atom stereocenters. The van der Waals surface area contributed by atoms with Gasteiger partial charge >= 0.3 is 6.18 Å². The lowest BCUT2D eigenvalue weighted by molar-refractivity contribution is -0.134. The standard InChI is InChI=1S/C13H19F3N2O2S/c1-10(2)17-8-11-6-4-5-7-12(11)21(19,20)18(3)9-13(14,15)16/h4-7,10,17H,8-9H2,1-3H3. The summed E-state index contributed by atoms with van der Waals surface area (Å²) in [5.41, 5.74) is 0.445. The van der Waals surface area contributed by atoms with E-state index in [1.165, 1.54) is 12.1 Å². The molecule has 8 heteroatoms. The van der Waals surface area contributed by atoms with Gasteiger partial charge in [-0.15, -0.1) is 0 Å². The molecule has 0 fully saturated rings. The summed E-state index contributed by atoms with van der Waals surface area (Å²) >= 11 is 0. The number of hydrogen-bond donors (Lipinski definition) is 1. The van der Waals surface area contributed by atoms with Gasteiger partial charge in [0.15, 0.2) is 0 Å². The zero-order valence-corrected chi connectivity index (χ0v) is 12.9. The van der Waals surface area contributed by atoms with E-state index >= 15 is 0 Å². The van der Waals surface area contributed by atoms with Crippen molar-refractivity contribution in [1.29, 1.82) is 0 Å². The first-order valence-electron chi connectivity index (χ1n) is 6.38. The van der Waals surface area contributed by atoms with Gasteiger partial charge in [0.2, 0.25) is 10.0 Å². The van der Waals surface area contributed by atoms with Crippen molar-refractivity contribution in [1.82, 2.24) is 9.62 Å². The normalized spacial score (nSPS) is 13.1. The maximum atomic E-state index is 12.4. The highest BCUT2D eigenvalue weighted by Crippen LogP contribution is 2.23. The van der Waals surface area contributed by atoms with Gasteiger partial charge in [-0.05, 0) is 11.6 Å². The van der Waals surface area contributed by atoms with E-state index in [2.05, 4.69) is 5.32 Å². The molecule has 0 heterocycles. The van der Waals surface area contributed by atoms with E-state index in [0.717, 1.165) is 7.05 Å². The number of nitrogens with zero attached hydrogens (tertiary/aromatic N) is 1. The van der Waals surface area contributed by atoms with Gasteiger partial charge in [-0.25, -0.2) is 8.42 Å². The summed E-state index contributed by atoms with van der Waals surface area (Å²) in [5.74, 6) is 0. The fraction of sp³-hybridized carbons (Fsp3) is 0.538. The minimum absolute atomic E-state index is 0.107. The van der Waals surface area contributed by atoms with Crippen molar-refractivity contribution >= 4 is 10.0 Å². The second kappa shape index (κ2) is 6.76. The molecule has 1 aromatic rings. The number of halogens is 3. The SMILES string of the molecule is CC(C)NCc1ccccc1S(=O)(=O)N(C)CC(F)(F)F. The molecule has 1 N–H and O–H groups in total. The van der Waals surface area contributed by atoms with Gasteiger partial charge in [0, 0.05) is 19.6 Å². The molecule has 0 saturated carbocycles. The van der Waals surface area contributed by atoms with Crippen LogP contribution >= 0.6 is 0 Å². The highest BCUT2D eigenvalue weighted by Gasteiger charge is 2.35. The Morgan fingerprint density at radius 1 is 1.24 bits per heavy atom. The quantitative estimate of drug-likeness (QED) is 0.874. The first kappa shape index (κ1) is 17.9. The minimum atomic E-state index is -4.58. The Morgan fingerprint density at radius 2 is 1.81 bits per heavy atom. The molecule has 4 nitrogen and oxygen atoms in total. The fourth-order valence-electron chi connectivity index (χ4n) is 1.72. The Bertz CT molecular complexity index is 571. The number of benzene rings is 1. The molecular formula is C13H19F3N2O2S. The van der Waals surface area contributed by atoms with Crippen LogP contribution in [-0.4, -0.2) is 38.5 Å². The topological polar surface area (TPSA) is 49.4 Å². The summed E-state index contributed by atoms with van der Waals surface area (Å²) in [6.45, 7) is 2.55. The second-order valence-corrected chi connectivity index (χ2v) is 7.03. The number of sulfonamides is 1. The summed E-state index contributed by atoms with van der Waals surface area (Å²) < 4.78 is 62.0. The molecular weight excluding hydrogens is 305 g/mol. The molecule has 0 aliphatic rings. The lowest BCUT2D eigenvalue weighted by Crippen LogP contribution is -2.36. The van der Waals surface area contributed by atoms with E-state index in [0.29, 0.717) is 9.87 Å². The smallest absolute Gasteiger partial charge is 0.310 e. The molecule has 0 atom stereocenters. The van der Waals surface area contributed by atoms with Crippen LogP contribution in [0.15, 0.2) is 29.2 Å². The highest BCUT2D eigenvalue weighted by atomic mass is 32.2. The lowest BCUT2D eigenvalue weighted by Gasteiger charge is -2.21. The third kappa shape index (κ3) is 5.29. The molecule has 1 rings (SSSR count). The van der Waals surface area contributed by atoms with Crippen LogP contribution in [0.3, 0.4) is 0 Å². The summed E-state index contributed by atoms with van der Waals surface area (Å²) in [6.07, 6.45) is -4.58. The van der Waals surface area contributed by atoms with Crippen molar-refractivity contribution < 1.29 is 21.6 Å². The first-order valence-corrected chi connectivity index (χ1v) is 7.82. The zero-order valence-electron chi connectivity index (χ0n) is 12.1. The predicted octanol–water partition coefficient (Wildman–Crippen LogP) is 2.37. The van der Waals surface area contributed by atoms with Crippen LogP contribution in [0.1, 0.15) is 19.4 Å². The number of hydrogen-bond acceptors (Lipinski definition) is 3. The summed E-state index contributed by atoms with van der Waals surface area (Å²) in [5, 5.41) is 3.06. The number of nitrogens with one attached hydrogen (secondary N) is 1. The predicted molar refractivity (Wildman–Crippen MR) is 74.3 cm³/mol. The molecule has 0 spiro atoms. The van der Waals surface area contributed by atoms with Gasteiger partial charge in [-0.3, -0.25) is 0 Å². The Hall–Kier alpha value is -1.12. The van der Waals surface area contributed by atoms with E-state index in [1.54, 1.807) is 12.1 Å². The van der Waals surface area contributed by atoms with Crippen molar-refractivity contribution in [2.45, 2.75) is 37.5 Å². The Morgan fingerprint density at radius 3 is 2.33 bits per heavy atom. The Labute approximate surface area is 123 Å². The average molecular weight is 324 g/mol. The van der Waals surface area contributed by atoms with Crippen LogP contribution in [0.5, 0.6) is 0 Å². The largest absolute Gasteiger partial charge is 0.402 e. The van der Waals surface area contributed by atoms with E-state index < -0.39 is 22.7 Å². The monoisotopic (exact) mass is 324 g/mol. The van der Waals surface area contributed by atoms with E-state index in [-0.39, 0.29) is 17.5 Å². The number of alkyl halides is 3. The molecule has 0 saturated heterocycles. The Kier molecular flexibility index (Phi) is 5.77. The van der Waals surface area contributed by atoms with Gasteiger partial charge in [-0.2, -0.15) is 17.5 Å². The molecule has 120 valence electrons. The third-order valence-electron chi connectivity index (χ3n) is 2.76. The summed E-state index contributed by atoms with van der Waals surface area (Å²) in [7, 11) is -3.25. The molecule has 1 aromatic carbocycles. The molecule has 0 aliphatic carbocycles. The van der Waals surface area contributed by atoms with Crippen molar-refractivity contribution in [2.24, 2.45) is 0 Å². The van der Waals surface area contributed by atoms with Gasteiger partial charge in [0.05, 0.1) is 4.90 Å². The second-order valence-electron chi connectivity index (χ2n) is 5.02. The molecule has 0 radical (unpaired) electrons. The van der Waals surface area contributed by atoms with Gasteiger partial charge in [0.25, 0.3) is 0 Å². The first-order chi connectivity index (χ1) is 9.54. The lowest BCUT2D eigenvalue weighted by atomic mass is 10.2. The minimum Gasteiger partial charge on any atom is -0.310 e. The van der Waals surface area contributed by atoms with E-state index in [9.17, 15) is 21.6 Å². The third-order valence-corrected chi connectivity index (χ3v) is 4.67. The molecule has 0 bridgehead atoms. The zero-order chi connectivity index (χ0) is 16.3. The van der Waals surface area contributed by atoms with Gasteiger partial charge < -0.3 is 5.32 Å². The molecule has 0 aromatic heterocycles. The highest BCUT2D eigenvalue weighted by molar-refractivity contribution is 7.89. The summed E-state index contributed by atoms with van der Waals surface area (Å²) in [6, 6.07) is 6.19. The van der Waals surface area contributed by atoms with Crippen molar-refractivity contribution in [3.05, 3.63) is 29.8 Å². The summed E-state index contributed by atoms with van der Waals surface area (Å²) in [4.78, 5) is -0.107. The van der Waals surface area contributed by atoms with Crippen LogP contribution in [-0.2, 0) is 16.6 Å². The van der Waals surface area contributed by atoms with Crippen LogP contribution in [0.4, 0.5) is 13.2 Å². The molecule has 0 aliphatic heterocycles. The van der Waals surface area contributed by atoms with Crippen molar-refractivity contribution in [2.75, 3.05) is 13.6 Å². The average Bonchev–Trinajstić information content (AvgIpc) is 2.34. The van der Waals surface area contributed by atoms with Crippen molar-refractivity contribution in [3.63, 3.8) is 0 Å². The fourth-order valence-corrected chi connectivity index (χ4v) is 3.10. The maximum Gasteiger partial charge on any atom is 0.402 e. The van der Waals surface area contributed by atoms with Crippen molar-refractivity contribution in [3.8, 4) is 0 Å². The van der Waals surface area contributed by atoms with Gasteiger partial charge in [-0.1, -0.05) is 32.0 Å². The number of rotatable bonds is 6. The van der Waals surface area contributed by atoms with E-state index in [1.807, 2.05) is 13.8 Å². The van der Waals surface area contributed by atoms with Gasteiger partial charge in [0.1, 0.15) is 6.54 Å². The van der Waals surface area contributed by atoms with Crippen LogP contribution in [0.25, 0.3) is 0 Å². The molecule has 21 heavy (non-hydrogen) atoms. The Balaban J connectivity index is 3.08. The molecule has 0 amide bonds. The van der Waals surface area contributed by atoms with Crippen LogP contribution < -0.4 is 5.32 Å². The maximum absolute atomic E-state index is 12.4. The van der Waals surface area contributed by atoms with Crippen LogP contribution in [0.2, 0.25) is 0 Å². The van der Waals surface area contributed by atoms with Crippen LogP contribution in [0, 0.1) is 0 Å². The van der Waals surface area contributed by atoms with E-state index in [4.69, 9.17) is 0 Å².